The van der Waals surface area contributed by atoms with Crippen LogP contribution in [0.4, 0.5) is 0 Å². The zero-order chi connectivity index (χ0) is 16.6. The Kier molecular flexibility index (Phi) is 3.88. The molecule has 1 aromatic heterocycles. The number of phenolic OH excluding ortho intramolecular Hbond substituents is 1. The Balaban J connectivity index is 2.21. The largest absolute Gasteiger partial charge is 0.504 e. The molecule has 2 aromatic carbocycles. The van der Waals surface area contributed by atoms with Crippen LogP contribution >= 0.6 is 11.6 Å². The summed E-state index contributed by atoms with van der Waals surface area (Å²) in [5.41, 5.74) is 0.959. The van der Waals surface area contributed by atoms with Gasteiger partial charge in [0.25, 0.3) is 0 Å². The second kappa shape index (κ2) is 5.85. The van der Waals surface area contributed by atoms with Crippen LogP contribution in [0.2, 0.25) is 5.02 Å². The molecule has 0 saturated heterocycles. The molecule has 0 aliphatic carbocycles. The summed E-state index contributed by atoms with van der Waals surface area (Å²) in [4.78, 5) is 12.7. The van der Waals surface area contributed by atoms with Gasteiger partial charge in [0.15, 0.2) is 11.5 Å². The number of rotatable bonds is 3. The molecule has 0 aliphatic rings. The minimum atomic E-state index is -0.250. The first-order chi connectivity index (χ1) is 11.0. The summed E-state index contributed by atoms with van der Waals surface area (Å²) >= 11 is 6.08. The molecule has 5 nitrogen and oxygen atoms in total. The number of methoxy groups -OCH3 is 2. The number of ether oxygens (including phenoxy) is 2. The maximum absolute atomic E-state index is 12.7. The van der Waals surface area contributed by atoms with Crippen molar-refractivity contribution in [2.24, 2.45) is 0 Å². The Morgan fingerprint density at radius 3 is 2.48 bits per heavy atom. The van der Waals surface area contributed by atoms with Crippen molar-refractivity contribution in [2.45, 2.75) is 0 Å². The normalized spacial score (nSPS) is 10.7. The van der Waals surface area contributed by atoms with Crippen molar-refractivity contribution in [3.05, 3.63) is 51.8 Å². The summed E-state index contributed by atoms with van der Waals surface area (Å²) in [5.74, 6) is 0.695. The molecule has 3 aromatic rings. The summed E-state index contributed by atoms with van der Waals surface area (Å²) in [5, 5.41) is 10.5. The lowest BCUT2D eigenvalue weighted by Crippen LogP contribution is -2.05. The molecular formula is C17H13ClO5. The molecule has 0 bridgehead atoms. The van der Waals surface area contributed by atoms with Gasteiger partial charge in [-0.1, -0.05) is 17.7 Å². The van der Waals surface area contributed by atoms with Gasteiger partial charge in [-0.2, -0.15) is 0 Å². The fraction of sp³-hybridized carbons (Fsp3) is 0.118. The fourth-order valence-corrected chi connectivity index (χ4v) is 2.58. The second-order valence-corrected chi connectivity index (χ2v) is 5.26. The highest BCUT2D eigenvalue weighted by Crippen LogP contribution is 2.32. The van der Waals surface area contributed by atoms with Gasteiger partial charge in [-0.3, -0.25) is 4.79 Å². The molecule has 0 amide bonds. The van der Waals surface area contributed by atoms with E-state index in [2.05, 4.69) is 0 Å². The topological polar surface area (TPSA) is 68.9 Å². The van der Waals surface area contributed by atoms with E-state index in [1.165, 1.54) is 32.6 Å². The Hall–Kier alpha value is -2.66. The van der Waals surface area contributed by atoms with Crippen molar-refractivity contribution in [3.63, 3.8) is 0 Å². The van der Waals surface area contributed by atoms with Gasteiger partial charge in [0.05, 0.1) is 30.2 Å². The molecule has 23 heavy (non-hydrogen) atoms. The molecule has 6 heteroatoms. The smallest absolute Gasteiger partial charge is 0.200 e. The van der Waals surface area contributed by atoms with Crippen LogP contribution in [0.25, 0.3) is 22.1 Å². The van der Waals surface area contributed by atoms with Gasteiger partial charge in [-0.25, -0.2) is 0 Å². The molecular weight excluding hydrogens is 320 g/mol. The third-order valence-corrected chi connectivity index (χ3v) is 3.83. The molecule has 1 heterocycles. The number of halogens is 1. The van der Waals surface area contributed by atoms with E-state index in [9.17, 15) is 9.90 Å². The highest BCUT2D eigenvalue weighted by molar-refractivity contribution is 6.32. The SMILES string of the molecule is COc1ccc(-c2coc3cc(OC)c(Cl)cc3c2=O)cc1O. The third-order valence-electron chi connectivity index (χ3n) is 3.54. The average molecular weight is 333 g/mol. The first kappa shape index (κ1) is 15.2. The van der Waals surface area contributed by atoms with Crippen LogP contribution in [0.3, 0.4) is 0 Å². The van der Waals surface area contributed by atoms with Gasteiger partial charge < -0.3 is 19.0 Å². The maximum Gasteiger partial charge on any atom is 0.200 e. The number of benzene rings is 2. The van der Waals surface area contributed by atoms with Crippen LogP contribution < -0.4 is 14.9 Å². The van der Waals surface area contributed by atoms with E-state index in [1.807, 2.05) is 0 Å². The van der Waals surface area contributed by atoms with E-state index in [1.54, 1.807) is 18.2 Å². The van der Waals surface area contributed by atoms with E-state index in [4.69, 9.17) is 25.5 Å². The molecule has 0 saturated carbocycles. The minimum absolute atomic E-state index is 0.0581. The van der Waals surface area contributed by atoms with Crippen molar-refractivity contribution in [3.8, 4) is 28.4 Å². The van der Waals surface area contributed by atoms with Crippen LogP contribution in [-0.4, -0.2) is 19.3 Å². The number of phenols is 1. The van der Waals surface area contributed by atoms with Gasteiger partial charge in [0.2, 0.25) is 5.43 Å². The molecule has 0 spiro atoms. The van der Waals surface area contributed by atoms with Crippen molar-refractivity contribution in [1.82, 2.24) is 0 Å². The van der Waals surface area contributed by atoms with Crippen LogP contribution in [0, 0.1) is 0 Å². The standard InChI is InChI=1S/C17H13ClO5/c1-21-14-4-3-9(5-13(14)19)11-8-23-15-7-16(22-2)12(18)6-10(15)17(11)20/h3-8,19H,1-2H3. The van der Waals surface area contributed by atoms with Gasteiger partial charge in [0.1, 0.15) is 17.6 Å². The van der Waals surface area contributed by atoms with E-state index >= 15 is 0 Å². The van der Waals surface area contributed by atoms with Gasteiger partial charge in [-0.05, 0) is 23.8 Å². The summed E-state index contributed by atoms with van der Waals surface area (Å²) in [6.45, 7) is 0. The van der Waals surface area contributed by atoms with Crippen LogP contribution in [0.1, 0.15) is 0 Å². The zero-order valence-electron chi connectivity index (χ0n) is 12.4. The maximum atomic E-state index is 12.7. The average Bonchev–Trinajstić information content (AvgIpc) is 2.55. The number of hydrogen-bond donors (Lipinski definition) is 1. The quantitative estimate of drug-likeness (QED) is 0.789. The number of fused-ring (bicyclic) bond motifs is 1. The minimum Gasteiger partial charge on any atom is -0.504 e. The van der Waals surface area contributed by atoms with E-state index in [0.29, 0.717) is 38.6 Å². The summed E-state index contributed by atoms with van der Waals surface area (Å²) < 4.78 is 15.6. The van der Waals surface area contributed by atoms with Gasteiger partial charge in [0, 0.05) is 6.07 Å². The molecule has 118 valence electrons. The monoisotopic (exact) mass is 332 g/mol. The van der Waals surface area contributed by atoms with E-state index in [0.717, 1.165) is 0 Å². The van der Waals surface area contributed by atoms with E-state index < -0.39 is 0 Å². The number of aromatic hydroxyl groups is 1. The second-order valence-electron chi connectivity index (χ2n) is 4.85. The Labute approximate surface area is 136 Å². The van der Waals surface area contributed by atoms with Crippen LogP contribution in [-0.2, 0) is 0 Å². The zero-order valence-corrected chi connectivity index (χ0v) is 13.2. The van der Waals surface area contributed by atoms with Crippen molar-refractivity contribution < 1.29 is 19.0 Å². The van der Waals surface area contributed by atoms with Gasteiger partial charge in [-0.15, -0.1) is 0 Å². The predicted octanol–water partition coefficient (Wildman–Crippen LogP) is 3.84. The fourth-order valence-electron chi connectivity index (χ4n) is 2.34. The Morgan fingerprint density at radius 1 is 1.09 bits per heavy atom. The van der Waals surface area contributed by atoms with Crippen LogP contribution in [0.15, 0.2) is 45.8 Å². The Bertz CT molecular complexity index is 946. The third kappa shape index (κ3) is 2.59. The summed E-state index contributed by atoms with van der Waals surface area (Å²) in [6, 6.07) is 7.77. The number of hydrogen-bond acceptors (Lipinski definition) is 5. The molecule has 0 radical (unpaired) electrons. The lowest BCUT2D eigenvalue weighted by atomic mass is 10.0. The molecule has 0 unspecified atom stereocenters. The van der Waals surface area contributed by atoms with Gasteiger partial charge >= 0.3 is 0 Å². The highest BCUT2D eigenvalue weighted by Gasteiger charge is 2.14. The summed E-state index contributed by atoms with van der Waals surface area (Å²) in [6.07, 6.45) is 1.35. The lowest BCUT2D eigenvalue weighted by Gasteiger charge is -2.08. The van der Waals surface area contributed by atoms with E-state index in [-0.39, 0.29) is 11.2 Å². The molecule has 0 fully saturated rings. The molecule has 0 atom stereocenters. The van der Waals surface area contributed by atoms with Crippen molar-refractivity contribution in [2.75, 3.05) is 14.2 Å². The van der Waals surface area contributed by atoms with Crippen molar-refractivity contribution in [1.29, 1.82) is 0 Å². The van der Waals surface area contributed by atoms with Crippen molar-refractivity contribution >= 4 is 22.6 Å². The lowest BCUT2D eigenvalue weighted by molar-refractivity contribution is 0.373. The molecule has 0 aliphatic heterocycles. The predicted molar refractivity (Wildman–Crippen MR) is 87.7 cm³/mol. The summed E-state index contributed by atoms with van der Waals surface area (Å²) in [7, 11) is 2.94. The first-order valence-corrected chi connectivity index (χ1v) is 7.09. The first-order valence-electron chi connectivity index (χ1n) is 6.71. The highest BCUT2D eigenvalue weighted by atomic mass is 35.5. The Morgan fingerprint density at radius 2 is 1.83 bits per heavy atom. The molecule has 3 rings (SSSR count). The van der Waals surface area contributed by atoms with Crippen LogP contribution in [0.5, 0.6) is 17.2 Å². The molecule has 1 N–H and O–H groups in total.